The van der Waals surface area contributed by atoms with E-state index in [0.29, 0.717) is 22.8 Å². The standard InChI is InChI=1S/C21H21N5O2/c1-28-16-9-5-8-15(12-16)25-11-10-18-17(20(25)27)13-22-21-23-19(24-26(18)21)14-6-3-2-4-7-14/h5,8-14H,2-4,6-7H2,1H3. The van der Waals surface area contributed by atoms with Crippen LogP contribution in [0.3, 0.4) is 0 Å². The second kappa shape index (κ2) is 6.74. The van der Waals surface area contributed by atoms with E-state index < -0.39 is 0 Å². The lowest BCUT2D eigenvalue weighted by Crippen LogP contribution is -2.18. The third-order valence-corrected chi connectivity index (χ3v) is 5.55. The summed E-state index contributed by atoms with van der Waals surface area (Å²) in [6, 6.07) is 9.31. The van der Waals surface area contributed by atoms with E-state index in [9.17, 15) is 4.79 Å². The van der Waals surface area contributed by atoms with Crippen molar-refractivity contribution in [3.05, 3.63) is 58.9 Å². The molecule has 0 amide bonds. The zero-order chi connectivity index (χ0) is 19.1. The van der Waals surface area contributed by atoms with E-state index in [4.69, 9.17) is 9.84 Å². The molecule has 7 heteroatoms. The van der Waals surface area contributed by atoms with Crippen molar-refractivity contribution in [3.8, 4) is 11.4 Å². The number of hydrogen-bond donors (Lipinski definition) is 0. The predicted molar refractivity (Wildman–Crippen MR) is 106 cm³/mol. The first kappa shape index (κ1) is 16.9. The van der Waals surface area contributed by atoms with Crippen molar-refractivity contribution in [3.63, 3.8) is 0 Å². The highest BCUT2D eigenvalue weighted by Crippen LogP contribution is 2.31. The number of methoxy groups -OCH3 is 1. The largest absolute Gasteiger partial charge is 0.497 e. The number of pyridine rings is 1. The molecule has 0 bridgehead atoms. The average molecular weight is 375 g/mol. The Labute approximate surface area is 161 Å². The first-order valence-corrected chi connectivity index (χ1v) is 9.66. The minimum absolute atomic E-state index is 0.144. The molecule has 0 radical (unpaired) electrons. The van der Waals surface area contributed by atoms with Crippen molar-refractivity contribution in [2.24, 2.45) is 0 Å². The SMILES string of the molecule is COc1cccc(-n2ccc3c(cnc4nc(C5CCCCC5)nn43)c2=O)c1. The van der Waals surface area contributed by atoms with Gasteiger partial charge in [-0.3, -0.25) is 9.36 Å². The summed E-state index contributed by atoms with van der Waals surface area (Å²) >= 11 is 0. The van der Waals surface area contributed by atoms with Crippen molar-refractivity contribution >= 4 is 16.7 Å². The van der Waals surface area contributed by atoms with Gasteiger partial charge < -0.3 is 4.74 Å². The summed E-state index contributed by atoms with van der Waals surface area (Å²) in [6.45, 7) is 0. The van der Waals surface area contributed by atoms with Gasteiger partial charge in [0, 0.05) is 24.4 Å². The fourth-order valence-corrected chi connectivity index (χ4v) is 4.03. The van der Waals surface area contributed by atoms with Crippen molar-refractivity contribution in [2.45, 2.75) is 38.0 Å². The highest BCUT2D eigenvalue weighted by molar-refractivity contribution is 5.79. The number of ether oxygens (including phenoxy) is 1. The smallest absolute Gasteiger partial charge is 0.266 e. The summed E-state index contributed by atoms with van der Waals surface area (Å²) in [6.07, 6.45) is 9.34. The number of nitrogens with zero attached hydrogens (tertiary/aromatic N) is 5. The van der Waals surface area contributed by atoms with Crippen LogP contribution in [0.15, 0.2) is 47.5 Å². The monoisotopic (exact) mass is 375 g/mol. The van der Waals surface area contributed by atoms with Gasteiger partial charge in [0.1, 0.15) is 5.75 Å². The van der Waals surface area contributed by atoms with Gasteiger partial charge in [0.2, 0.25) is 0 Å². The van der Waals surface area contributed by atoms with Crippen LogP contribution in [0.2, 0.25) is 0 Å². The molecule has 0 unspecified atom stereocenters. The Morgan fingerprint density at radius 1 is 1.14 bits per heavy atom. The van der Waals surface area contributed by atoms with Gasteiger partial charge in [-0.2, -0.15) is 9.50 Å². The van der Waals surface area contributed by atoms with Crippen molar-refractivity contribution in [2.75, 3.05) is 7.11 Å². The van der Waals surface area contributed by atoms with E-state index >= 15 is 0 Å². The molecule has 142 valence electrons. The Bertz CT molecular complexity index is 1220. The molecule has 28 heavy (non-hydrogen) atoms. The van der Waals surface area contributed by atoms with Crippen molar-refractivity contribution in [1.29, 1.82) is 0 Å². The minimum Gasteiger partial charge on any atom is -0.497 e. The molecular formula is C21H21N5O2. The van der Waals surface area contributed by atoms with E-state index in [-0.39, 0.29) is 5.56 Å². The lowest BCUT2D eigenvalue weighted by atomic mass is 9.89. The average Bonchev–Trinajstić information content (AvgIpc) is 3.19. The maximum absolute atomic E-state index is 13.1. The lowest BCUT2D eigenvalue weighted by Gasteiger charge is -2.17. The van der Waals surface area contributed by atoms with E-state index in [1.807, 2.05) is 30.3 Å². The highest BCUT2D eigenvalue weighted by atomic mass is 16.5. The Hall–Kier alpha value is -3.22. The molecule has 0 aliphatic heterocycles. The van der Waals surface area contributed by atoms with Crippen LogP contribution in [0.25, 0.3) is 22.4 Å². The molecule has 0 saturated heterocycles. The van der Waals surface area contributed by atoms with Crippen LogP contribution < -0.4 is 10.3 Å². The Balaban J connectivity index is 1.64. The number of hydrogen-bond acceptors (Lipinski definition) is 5. The van der Waals surface area contributed by atoms with Crippen LogP contribution >= 0.6 is 0 Å². The summed E-state index contributed by atoms with van der Waals surface area (Å²) < 4.78 is 8.57. The van der Waals surface area contributed by atoms with Gasteiger partial charge in [0.15, 0.2) is 5.82 Å². The molecule has 1 aliphatic rings. The van der Waals surface area contributed by atoms with Crippen LogP contribution in [0.4, 0.5) is 0 Å². The van der Waals surface area contributed by atoms with Gasteiger partial charge in [-0.15, -0.1) is 5.10 Å². The van der Waals surface area contributed by atoms with E-state index in [1.165, 1.54) is 19.3 Å². The molecule has 7 nitrogen and oxygen atoms in total. The van der Waals surface area contributed by atoms with Gasteiger partial charge in [0.05, 0.1) is 23.7 Å². The van der Waals surface area contributed by atoms with Gasteiger partial charge in [-0.1, -0.05) is 25.3 Å². The lowest BCUT2D eigenvalue weighted by molar-refractivity contribution is 0.414. The minimum atomic E-state index is -0.144. The fraction of sp³-hybridized carbons (Fsp3) is 0.333. The second-order valence-corrected chi connectivity index (χ2v) is 7.27. The summed E-state index contributed by atoms with van der Waals surface area (Å²) in [4.78, 5) is 22.1. The number of fused-ring (bicyclic) bond motifs is 3. The maximum atomic E-state index is 13.1. The molecular weight excluding hydrogens is 354 g/mol. The molecule has 3 heterocycles. The van der Waals surface area contributed by atoms with Gasteiger partial charge in [-0.05, 0) is 31.0 Å². The highest BCUT2D eigenvalue weighted by Gasteiger charge is 2.21. The molecule has 4 aromatic rings. The molecule has 1 aromatic carbocycles. The second-order valence-electron chi connectivity index (χ2n) is 7.27. The molecule has 1 fully saturated rings. The van der Waals surface area contributed by atoms with Crippen LogP contribution in [0, 0.1) is 0 Å². The first-order chi connectivity index (χ1) is 13.7. The first-order valence-electron chi connectivity index (χ1n) is 9.66. The van der Waals surface area contributed by atoms with Gasteiger partial charge >= 0.3 is 0 Å². The molecule has 3 aromatic heterocycles. The van der Waals surface area contributed by atoms with E-state index in [0.717, 1.165) is 29.9 Å². The molecule has 1 saturated carbocycles. The quantitative estimate of drug-likeness (QED) is 0.548. The normalized spacial score (nSPS) is 15.3. The zero-order valence-corrected chi connectivity index (χ0v) is 15.7. The molecule has 1 aliphatic carbocycles. The van der Waals surface area contributed by atoms with E-state index in [2.05, 4.69) is 9.97 Å². The topological polar surface area (TPSA) is 74.3 Å². The molecule has 5 rings (SSSR count). The summed E-state index contributed by atoms with van der Waals surface area (Å²) in [5.74, 6) is 2.48. The van der Waals surface area contributed by atoms with Crippen LogP contribution in [-0.2, 0) is 0 Å². The van der Waals surface area contributed by atoms with Crippen molar-refractivity contribution < 1.29 is 4.74 Å². The number of aromatic nitrogens is 5. The van der Waals surface area contributed by atoms with Gasteiger partial charge in [-0.25, -0.2) is 4.98 Å². The van der Waals surface area contributed by atoms with E-state index in [1.54, 1.807) is 28.6 Å². The van der Waals surface area contributed by atoms with Crippen LogP contribution in [0.5, 0.6) is 5.75 Å². The number of benzene rings is 1. The Morgan fingerprint density at radius 3 is 2.82 bits per heavy atom. The molecule has 0 spiro atoms. The van der Waals surface area contributed by atoms with Gasteiger partial charge in [0.25, 0.3) is 11.3 Å². The summed E-state index contributed by atoms with van der Waals surface area (Å²) in [5, 5.41) is 5.22. The summed E-state index contributed by atoms with van der Waals surface area (Å²) in [7, 11) is 1.61. The summed E-state index contributed by atoms with van der Waals surface area (Å²) in [5.41, 5.74) is 1.33. The van der Waals surface area contributed by atoms with Crippen molar-refractivity contribution in [1.82, 2.24) is 24.1 Å². The third-order valence-electron chi connectivity index (χ3n) is 5.55. The number of rotatable bonds is 3. The Kier molecular flexibility index (Phi) is 4.07. The van der Waals surface area contributed by atoms with Crippen LogP contribution in [0.1, 0.15) is 43.8 Å². The molecule has 0 atom stereocenters. The Morgan fingerprint density at radius 2 is 2.00 bits per heavy atom. The third kappa shape index (κ3) is 2.74. The molecule has 0 N–H and O–H groups in total. The predicted octanol–water partition coefficient (Wildman–Crippen LogP) is 3.48. The fourth-order valence-electron chi connectivity index (χ4n) is 4.03. The zero-order valence-electron chi connectivity index (χ0n) is 15.7. The van der Waals surface area contributed by atoms with Crippen LogP contribution in [-0.4, -0.2) is 31.3 Å². The maximum Gasteiger partial charge on any atom is 0.266 e.